The molecule has 2 heterocycles. The number of nitrogens with one attached hydrogen (secondary N) is 1. The number of carbonyl (C=O) groups is 1. The molecule has 0 saturated carbocycles. The summed E-state index contributed by atoms with van der Waals surface area (Å²) >= 11 is 0. The van der Waals surface area contributed by atoms with Crippen LogP contribution in [0.1, 0.15) is 21.7 Å². The molecule has 5 nitrogen and oxygen atoms in total. The van der Waals surface area contributed by atoms with E-state index in [1.54, 1.807) is 12.1 Å². The maximum absolute atomic E-state index is 12.4. The van der Waals surface area contributed by atoms with Crippen molar-refractivity contribution in [1.82, 2.24) is 5.32 Å². The molecule has 0 radical (unpaired) electrons. The maximum Gasteiger partial charge on any atom is 0.336 e. The summed E-state index contributed by atoms with van der Waals surface area (Å²) in [7, 11) is 0. The predicted octanol–water partition coefficient (Wildman–Crippen LogP) is 3.78. The lowest BCUT2D eigenvalue weighted by Crippen LogP contribution is -2.23. The van der Waals surface area contributed by atoms with Crippen LogP contribution >= 0.6 is 0 Å². The number of amides is 1. The van der Waals surface area contributed by atoms with Gasteiger partial charge < -0.3 is 14.2 Å². The molecule has 0 bridgehead atoms. The van der Waals surface area contributed by atoms with E-state index in [4.69, 9.17) is 8.83 Å². The molecule has 1 N–H and O–H groups in total. The summed E-state index contributed by atoms with van der Waals surface area (Å²) in [5, 5.41) is 4.47. The van der Waals surface area contributed by atoms with E-state index in [9.17, 15) is 9.59 Å². The molecule has 1 amide bonds. The normalized spacial score (nSPS) is 11.1. The lowest BCUT2D eigenvalue weighted by Gasteiger charge is -2.07. The summed E-state index contributed by atoms with van der Waals surface area (Å²) in [6, 6.07) is 16.2. The van der Waals surface area contributed by atoms with Crippen molar-refractivity contribution in [2.75, 3.05) is 0 Å². The predicted molar refractivity (Wildman–Crippen MR) is 94.6 cm³/mol. The third-order valence-corrected chi connectivity index (χ3v) is 4.07. The number of benzene rings is 2. The molecule has 2 aromatic carbocycles. The van der Waals surface area contributed by atoms with Gasteiger partial charge in [-0.25, -0.2) is 4.79 Å². The molecule has 0 aliphatic heterocycles. The number of aryl methyl sites for hydroxylation is 1. The van der Waals surface area contributed by atoms with Crippen molar-refractivity contribution >= 4 is 27.8 Å². The second kappa shape index (κ2) is 5.94. The summed E-state index contributed by atoms with van der Waals surface area (Å²) in [4.78, 5) is 24.1. The Labute approximate surface area is 142 Å². The van der Waals surface area contributed by atoms with E-state index in [0.29, 0.717) is 16.7 Å². The molecule has 25 heavy (non-hydrogen) atoms. The number of para-hydroxylation sites is 1. The first-order valence-corrected chi connectivity index (χ1v) is 7.90. The van der Waals surface area contributed by atoms with Gasteiger partial charge in [-0.3, -0.25) is 4.79 Å². The Balaban J connectivity index is 1.61. The van der Waals surface area contributed by atoms with E-state index in [-0.39, 0.29) is 18.2 Å². The van der Waals surface area contributed by atoms with Gasteiger partial charge in [0.25, 0.3) is 5.91 Å². The molecule has 0 unspecified atom stereocenters. The fourth-order valence-electron chi connectivity index (χ4n) is 2.84. The molecule has 0 aliphatic carbocycles. The molecule has 5 heteroatoms. The number of carbonyl (C=O) groups excluding carboxylic acids is 1. The smallest absolute Gasteiger partial charge is 0.336 e. The highest BCUT2D eigenvalue weighted by Gasteiger charge is 2.13. The van der Waals surface area contributed by atoms with Crippen LogP contribution in [0.3, 0.4) is 0 Å². The summed E-state index contributed by atoms with van der Waals surface area (Å²) < 4.78 is 10.8. The second-order valence-corrected chi connectivity index (χ2v) is 5.92. The first-order chi connectivity index (χ1) is 12.1. The van der Waals surface area contributed by atoms with Gasteiger partial charge in [0.05, 0.1) is 0 Å². The Morgan fingerprint density at radius 3 is 2.68 bits per heavy atom. The number of furan rings is 1. The van der Waals surface area contributed by atoms with Gasteiger partial charge in [-0.05, 0) is 36.2 Å². The Hall–Kier alpha value is -3.34. The van der Waals surface area contributed by atoms with Crippen molar-refractivity contribution in [3.8, 4) is 0 Å². The fourth-order valence-corrected chi connectivity index (χ4v) is 2.84. The molecular formula is C20H15NO4. The molecule has 0 saturated heterocycles. The number of hydrogen-bond donors (Lipinski definition) is 1. The van der Waals surface area contributed by atoms with E-state index >= 15 is 0 Å². The number of fused-ring (bicyclic) bond motifs is 2. The van der Waals surface area contributed by atoms with Gasteiger partial charge in [-0.1, -0.05) is 30.3 Å². The summed E-state index contributed by atoms with van der Waals surface area (Å²) in [6.45, 7) is 2.14. The first-order valence-electron chi connectivity index (χ1n) is 7.90. The monoisotopic (exact) mass is 333 g/mol. The van der Waals surface area contributed by atoms with Crippen molar-refractivity contribution in [3.05, 3.63) is 81.9 Å². The van der Waals surface area contributed by atoms with Crippen molar-refractivity contribution < 1.29 is 13.6 Å². The van der Waals surface area contributed by atoms with E-state index in [1.165, 1.54) is 6.07 Å². The summed E-state index contributed by atoms with van der Waals surface area (Å²) in [5.41, 5.74) is 2.44. The average Bonchev–Trinajstić information content (AvgIpc) is 3.03. The average molecular weight is 333 g/mol. The lowest BCUT2D eigenvalue weighted by molar-refractivity contribution is 0.0925. The van der Waals surface area contributed by atoms with Crippen LogP contribution in [0, 0.1) is 6.92 Å². The Morgan fingerprint density at radius 1 is 1.00 bits per heavy atom. The molecule has 0 spiro atoms. The highest BCUT2D eigenvalue weighted by Crippen LogP contribution is 2.20. The van der Waals surface area contributed by atoms with Gasteiger partial charge in [-0.15, -0.1) is 0 Å². The van der Waals surface area contributed by atoms with Crippen LogP contribution < -0.4 is 10.9 Å². The zero-order valence-corrected chi connectivity index (χ0v) is 13.5. The Bertz CT molecular complexity index is 1120. The molecule has 4 aromatic rings. The van der Waals surface area contributed by atoms with Gasteiger partial charge in [-0.2, -0.15) is 0 Å². The topological polar surface area (TPSA) is 72.5 Å². The molecule has 0 fully saturated rings. The van der Waals surface area contributed by atoms with Crippen molar-refractivity contribution in [2.24, 2.45) is 0 Å². The third kappa shape index (κ3) is 2.92. The van der Waals surface area contributed by atoms with Crippen LogP contribution in [-0.2, 0) is 6.54 Å². The molecule has 4 rings (SSSR count). The SMILES string of the molecule is Cc1ccc2c(CNC(=O)c3cc4ccccc4o3)cc(=O)oc2c1. The minimum Gasteiger partial charge on any atom is -0.451 e. The first kappa shape index (κ1) is 15.2. The molecule has 0 aliphatic rings. The quantitative estimate of drug-likeness (QED) is 0.579. The van der Waals surface area contributed by atoms with E-state index in [0.717, 1.165) is 16.3 Å². The van der Waals surface area contributed by atoms with E-state index in [2.05, 4.69) is 5.32 Å². The fraction of sp³-hybridized carbons (Fsp3) is 0.100. The van der Waals surface area contributed by atoms with Gasteiger partial charge in [0.15, 0.2) is 5.76 Å². The van der Waals surface area contributed by atoms with Crippen LogP contribution in [0.2, 0.25) is 0 Å². The van der Waals surface area contributed by atoms with E-state index in [1.807, 2.05) is 43.3 Å². The zero-order chi connectivity index (χ0) is 17.4. The van der Waals surface area contributed by atoms with Crippen LogP contribution in [0.25, 0.3) is 21.9 Å². The molecule has 124 valence electrons. The van der Waals surface area contributed by atoms with Gasteiger partial charge in [0.1, 0.15) is 11.2 Å². The largest absolute Gasteiger partial charge is 0.451 e. The highest BCUT2D eigenvalue weighted by molar-refractivity contribution is 5.96. The summed E-state index contributed by atoms with van der Waals surface area (Å²) in [6.07, 6.45) is 0. The zero-order valence-electron chi connectivity index (χ0n) is 13.5. The third-order valence-electron chi connectivity index (χ3n) is 4.07. The molecule has 0 atom stereocenters. The van der Waals surface area contributed by atoms with Gasteiger partial charge in [0.2, 0.25) is 0 Å². The van der Waals surface area contributed by atoms with Gasteiger partial charge >= 0.3 is 5.63 Å². The number of hydrogen-bond acceptors (Lipinski definition) is 4. The van der Waals surface area contributed by atoms with Crippen molar-refractivity contribution in [2.45, 2.75) is 13.5 Å². The van der Waals surface area contributed by atoms with E-state index < -0.39 is 5.63 Å². The van der Waals surface area contributed by atoms with Crippen LogP contribution in [-0.4, -0.2) is 5.91 Å². The Kier molecular flexibility index (Phi) is 3.61. The van der Waals surface area contributed by atoms with Crippen molar-refractivity contribution in [3.63, 3.8) is 0 Å². The summed E-state index contributed by atoms with van der Waals surface area (Å²) in [5.74, 6) is -0.0889. The number of rotatable bonds is 3. The van der Waals surface area contributed by atoms with Crippen LogP contribution in [0.4, 0.5) is 0 Å². The second-order valence-electron chi connectivity index (χ2n) is 5.92. The highest BCUT2D eigenvalue weighted by atomic mass is 16.4. The molecule has 2 aromatic heterocycles. The molecular weight excluding hydrogens is 318 g/mol. The van der Waals surface area contributed by atoms with Crippen molar-refractivity contribution in [1.29, 1.82) is 0 Å². The van der Waals surface area contributed by atoms with Gasteiger partial charge in [0, 0.05) is 23.4 Å². The minimum atomic E-state index is -0.439. The Morgan fingerprint density at radius 2 is 1.84 bits per heavy atom. The van der Waals surface area contributed by atoms with Crippen LogP contribution in [0.15, 0.2) is 68.2 Å². The lowest BCUT2D eigenvalue weighted by atomic mass is 10.1. The van der Waals surface area contributed by atoms with Crippen LogP contribution in [0.5, 0.6) is 0 Å². The maximum atomic E-state index is 12.4. The standard InChI is InChI=1S/C20H15NO4/c1-12-6-7-15-14(10-19(22)25-17(15)8-12)11-21-20(23)18-9-13-4-2-3-5-16(13)24-18/h2-10H,11H2,1H3,(H,21,23). The minimum absolute atomic E-state index is 0.209.